The fourth-order valence-electron chi connectivity index (χ4n) is 1.64. The summed E-state index contributed by atoms with van der Waals surface area (Å²) in [7, 11) is -3.33. The Bertz CT molecular complexity index is 598. The number of hydrogen-bond acceptors (Lipinski definition) is 5. The van der Waals surface area contributed by atoms with Crippen LogP contribution >= 0.6 is 11.3 Å². The number of aromatic nitrogens is 1. The molecule has 2 aromatic heterocycles. The molecule has 2 N–H and O–H groups in total. The van der Waals surface area contributed by atoms with Gasteiger partial charge >= 0.3 is 0 Å². The number of rotatable bonds is 8. The molecular formula is C13H17N3O2S2. The molecule has 2 heterocycles. The maximum absolute atomic E-state index is 11.8. The van der Waals surface area contributed by atoms with Crippen molar-refractivity contribution in [3.05, 3.63) is 47.6 Å². The van der Waals surface area contributed by atoms with E-state index in [-0.39, 0.29) is 0 Å². The van der Waals surface area contributed by atoms with E-state index >= 15 is 0 Å². The summed E-state index contributed by atoms with van der Waals surface area (Å²) in [5.74, 6) is 0. The summed E-state index contributed by atoms with van der Waals surface area (Å²) in [6, 6.07) is 7.23. The topological polar surface area (TPSA) is 71.1 Å². The van der Waals surface area contributed by atoms with Crippen LogP contribution in [0, 0.1) is 0 Å². The van der Waals surface area contributed by atoms with E-state index in [2.05, 4.69) is 15.0 Å². The lowest BCUT2D eigenvalue weighted by molar-refractivity contribution is 0.575. The molecule has 0 unspecified atom stereocenters. The minimum absolute atomic E-state index is 0.362. The van der Waals surface area contributed by atoms with Crippen LogP contribution in [-0.4, -0.2) is 26.5 Å². The van der Waals surface area contributed by atoms with Gasteiger partial charge in [0.2, 0.25) is 10.0 Å². The summed E-state index contributed by atoms with van der Waals surface area (Å²) >= 11 is 1.22. The largest absolute Gasteiger partial charge is 0.313 e. The Morgan fingerprint density at radius 1 is 1.20 bits per heavy atom. The normalized spacial score (nSPS) is 11.6. The minimum Gasteiger partial charge on any atom is -0.313 e. The van der Waals surface area contributed by atoms with Gasteiger partial charge in [-0.3, -0.25) is 4.98 Å². The van der Waals surface area contributed by atoms with Crippen molar-refractivity contribution in [3.63, 3.8) is 0 Å². The van der Waals surface area contributed by atoms with Gasteiger partial charge in [-0.1, -0.05) is 12.1 Å². The summed E-state index contributed by atoms with van der Waals surface area (Å²) in [4.78, 5) is 4.03. The molecule has 5 nitrogen and oxygen atoms in total. The van der Waals surface area contributed by atoms with Gasteiger partial charge in [0.15, 0.2) is 0 Å². The van der Waals surface area contributed by atoms with Crippen molar-refractivity contribution in [3.8, 4) is 0 Å². The highest BCUT2D eigenvalue weighted by Gasteiger charge is 2.13. The van der Waals surface area contributed by atoms with Crippen molar-refractivity contribution in [1.82, 2.24) is 15.0 Å². The monoisotopic (exact) mass is 311 g/mol. The molecule has 2 rings (SSSR count). The molecular weight excluding hydrogens is 294 g/mol. The molecule has 7 heteroatoms. The summed E-state index contributed by atoms with van der Waals surface area (Å²) in [6.45, 7) is 1.92. The van der Waals surface area contributed by atoms with E-state index in [0.29, 0.717) is 10.8 Å². The molecule has 20 heavy (non-hydrogen) atoms. The molecule has 0 atom stereocenters. The third kappa shape index (κ3) is 4.68. The second kappa shape index (κ2) is 7.49. The van der Waals surface area contributed by atoms with E-state index in [1.54, 1.807) is 23.7 Å². The number of nitrogens with one attached hydrogen (secondary N) is 2. The Hall–Kier alpha value is -1.28. The molecule has 0 amide bonds. The van der Waals surface area contributed by atoms with Gasteiger partial charge in [0, 0.05) is 25.5 Å². The minimum atomic E-state index is -3.33. The van der Waals surface area contributed by atoms with Gasteiger partial charge in [0.1, 0.15) is 4.21 Å². The first-order chi connectivity index (χ1) is 9.68. The van der Waals surface area contributed by atoms with E-state index < -0.39 is 10.0 Å². The summed E-state index contributed by atoms with van der Waals surface area (Å²) in [6.07, 6.45) is 4.29. The summed E-state index contributed by atoms with van der Waals surface area (Å²) in [5, 5.41) is 5.00. The van der Waals surface area contributed by atoms with Crippen LogP contribution in [0.15, 0.2) is 46.2 Å². The highest BCUT2D eigenvalue weighted by molar-refractivity contribution is 7.91. The summed E-state index contributed by atoms with van der Waals surface area (Å²) in [5.41, 5.74) is 1.12. The van der Waals surface area contributed by atoms with Gasteiger partial charge in [-0.05, 0) is 36.0 Å². The van der Waals surface area contributed by atoms with Crippen LogP contribution in [0.25, 0.3) is 0 Å². The van der Waals surface area contributed by atoms with Crippen LogP contribution < -0.4 is 10.0 Å². The second-order valence-electron chi connectivity index (χ2n) is 4.22. The van der Waals surface area contributed by atoms with Crippen LogP contribution in [0.2, 0.25) is 0 Å². The number of thiophene rings is 1. The lowest BCUT2D eigenvalue weighted by Gasteiger charge is -2.06. The van der Waals surface area contributed by atoms with Crippen molar-refractivity contribution >= 4 is 21.4 Å². The number of pyridine rings is 1. The second-order valence-corrected chi connectivity index (χ2v) is 7.16. The molecule has 0 bridgehead atoms. The van der Waals surface area contributed by atoms with Crippen LogP contribution in [-0.2, 0) is 16.6 Å². The zero-order valence-electron chi connectivity index (χ0n) is 11.0. The summed E-state index contributed by atoms with van der Waals surface area (Å²) < 4.78 is 26.6. The molecule has 0 aliphatic carbocycles. The van der Waals surface area contributed by atoms with Crippen molar-refractivity contribution in [2.75, 3.05) is 13.1 Å². The Morgan fingerprint density at radius 3 is 2.80 bits per heavy atom. The van der Waals surface area contributed by atoms with E-state index in [0.717, 1.165) is 25.1 Å². The number of nitrogens with zero attached hydrogens (tertiary/aromatic N) is 1. The Morgan fingerprint density at radius 2 is 2.10 bits per heavy atom. The Balaban J connectivity index is 1.63. The molecule has 0 spiro atoms. The average Bonchev–Trinajstić information content (AvgIpc) is 2.99. The maximum atomic E-state index is 11.8. The van der Waals surface area contributed by atoms with Crippen molar-refractivity contribution in [2.24, 2.45) is 0 Å². The standard InChI is InChI=1S/C13H17N3O2S2/c17-20(18,13-5-2-9-19-13)16-8-3-7-15-11-12-4-1-6-14-10-12/h1-2,4-6,9-10,15-16H,3,7-8,11H2. The molecule has 2 aromatic rings. The third-order valence-corrected chi connectivity index (χ3v) is 5.49. The van der Waals surface area contributed by atoms with Gasteiger partial charge in [-0.15, -0.1) is 11.3 Å². The SMILES string of the molecule is O=S(=O)(NCCCNCc1cccnc1)c1cccs1. The first-order valence-corrected chi connectivity index (χ1v) is 8.67. The molecule has 0 saturated heterocycles. The molecule has 0 aromatic carbocycles. The Kier molecular flexibility index (Phi) is 5.66. The van der Waals surface area contributed by atoms with Gasteiger partial charge in [-0.25, -0.2) is 13.1 Å². The molecule has 0 fully saturated rings. The van der Waals surface area contributed by atoms with Crippen molar-refractivity contribution in [2.45, 2.75) is 17.2 Å². The highest BCUT2D eigenvalue weighted by Crippen LogP contribution is 2.14. The van der Waals surface area contributed by atoms with Gasteiger partial charge < -0.3 is 5.32 Å². The van der Waals surface area contributed by atoms with E-state index in [1.807, 2.05) is 18.3 Å². The van der Waals surface area contributed by atoms with Crippen molar-refractivity contribution in [1.29, 1.82) is 0 Å². The first-order valence-electron chi connectivity index (χ1n) is 6.31. The van der Waals surface area contributed by atoms with Crippen LogP contribution in [0.5, 0.6) is 0 Å². The predicted octanol–water partition coefficient (Wildman–Crippen LogP) is 1.60. The van der Waals surface area contributed by atoms with Crippen LogP contribution in [0.4, 0.5) is 0 Å². The van der Waals surface area contributed by atoms with Crippen LogP contribution in [0.1, 0.15) is 12.0 Å². The van der Waals surface area contributed by atoms with Crippen LogP contribution in [0.3, 0.4) is 0 Å². The fourth-order valence-corrected chi connectivity index (χ4v) is 3.75. The third-order valence-electron chi connectivity index (χ3n) is 2.63. The molecule has 0 radical (unpaired) electrons. The first kappa shape index (κ1) is 15.1. The highest BCUT2D eigenvalue weighted by atomic mass is 32.2. The van der Waals surface area contributed by atoms with Crippen molar-refractivity contribution < 1.29 is 8.42 Å². The zero-order valence-corrected chi connectivity index (χ0v) is 12.6. The molecule has 108 valence electrons. The molecule has 0 aliphatic heterocycles. The van der Waals surface area contributed by atoms with E-state index in [4.69, 9.17) is 0 Å². The van der Waals surface area contributed by atoms with E-state index in [9.17, 15) is 8.42 Å². The number of hydrogen-bond donors (Lipinski definition) is 2. The lowest BCUT2D eigenvalue weighted by atomic mass is 10.3. The fraction of sp³-hybridized carbons (Fsp3) is 0.308. The maximum Gasteiger partial charge on any atom is 0.250 e. The quantitative estimate of drug-likeness (QED) is 0.727. The van der Waals surface area contributed by atoms with Gasteiger partial charge in [0.05, 0.1) is 0 Å². The average molecular weight is 311 g/mol. The lowest BCUT2D eigenvalue weighted by Crippen LogP contribution is -2.26. The Labute approximate surface area is 123 Å². The smallest absolute Gasteiger partial charge is 0.250 e. The zero-order chi connectivity index (χ0) is 14.3. The van der Waals surface area contributed by atoms with E-state index in [1.165, 1.54) is 11.3 Å². The van der Waals surface area contributed by atoms with Gasteiger partial charge in [-0.2, -0.15) is 0 Å². The molecule has 0 aliphatic rings. The van der Waals surface area contributed by atoms with Gasteiger partial charge in [0.25, 0.3) is 0 Å². The molecule has 0 saturated carbocycles. The predicted molar refractivity (Wildman–Crippen MR) is 80.1 cm³/mol. The number of sulfonamides is 1.